The Hall–Kier alpha value is -3.12. The summed E-state index contributed by atoms with van der Waals surface area (Å²) in [6.07, 6.45) is 6.47. The monoisotopic (exact) mass is 384 g/mol. The van der Waals surface area contributed by atoms with Crippen molar-refractivity contribution >= 4 is 11.0 Å². The quantitative estimate of drug-likeness (QED) is 0.532. The Labute approximate surface area is 170 Å². The lowest BCUT2D eigenvalue weighted by Crippen LogP contribution is -2.32. The number of para-hydroxylation sites is 2. The van der Waals surface area contributed by atoms with Crippen LogP contribution in [0.25, 0.3) is 22.4 Å². The molecule has 0 aliphatic carbocycles. The van der Waals surface area contributed by atoms with Crippen molar-refractivity contribution in [3.05, 3.63) is 72.1 Å². The summed E-state index contributed by atoms with van der Waals surface area (Å²) in [5, 5.41) is 0. The number of hydrogen-bond acceptors (Lipinski definition) is 5. The minimum absolute atomic E-state index is 0.376. The molecule has 29 heavy (non-hydrogen) atoms. The number of hydrogen-bond donors (Lipinski definition) is 0. The molecule has 6 nitrogen and oxygen atoms in total. The minimum atomic E-state index is 0.376. The maximum absolute atomic E-state index is 4.92. The average molecular weight is 384 g/mol. The molecular weight excluding hydrogens is 360 g/mol. The van der Waals surface area contributed by atoms with Gasteiger partial charge in [-0.25, -0.2) is 15.0 Å². The summed E-state index contributed by atoms with van der Waals surface area (Å²) in [6.45, 7) is 7.10. The molecule has 0 spiro atoms. The largest absolute Gasteiger partial charge is 0.324 e. The van der Waals surface area contributed by atoms with E-state index < -0.39 is 0 Å². The van der Waals surface area contributed by atoms with Gasteiger partial charge < -0.3 is 4.57 Å². The van der Waals surface area contributed by atoms with Gasteiger partial charge >= 0.3 is 0 Å². The SMILES string of the molecule is CC(C)n1c(CN2CCc3nc(-c4ccncc4)ncc3C2)nc2ccccc21. The maximum Gasteiger partial charge on any atom is 0.159 e. The maximum atomic E-state index is 4.92. The van der Waals surface area contributed by atoms with Crippen LogP contribution >= 0.6 is 0 Å². The fourth-order valence-electron chi connectivity index (χ4n) is 4.13. The first-order valence-corrected chi connectivity index (χ1v) is 10.1. The molecule has 3 aromatic heterocycles. The van der Waals surface area contributed by atoms with Crippen molar-refractivity contribution in [3.63, 3.8) is 0 Å². The normalized spacial score (nSPS) is 14.4. The average Bonchev–Trinajstić information content (AvgIpc) is 3.12. The highest BCUT2D eigenvalue weighted by atomic mass is 15.2. The third-order valence-corrected chi connectivity index (χ3v) is 5.50. The number of fused-ring (bicyclic) bond motifs is 2. The third kappa shape index (κ3) is 3.40. The van der Waals surface area contributed by atoms with Crippen LogP contribution in [-0.4, -0.2) is 35.9 Å². The van der Waals surface area contributed by atoms with Crippen molar-refractivity contribution in [1.29, 1.82) is 0 Å². The van der Waals surface area contributed by atoms with Crippen molar-refractivity contribution in [2.24, 2.45) is 0 Å². The lowest BCUT2D eigenvalue weighted by molar-refractivity contribution is 0.233. The smallest absolute Gasteiger partial charge is 0.159 e. The molecule has 0 saturated carbocycles. The van der Waals surface area contributed by atoms with Crippen molar-refractivity contribution < 1.29 is 0 Å². The molecule has 0 N–H and O–H groups in total. The first kappa shape index (κ1) is 17.9. The molecule has 1 aromatic carbocycles. The number of imidazole rings is 1. The second kappa shape index (κ2) is 7.37. The summed E-state index contributed by atoms with van der Waals surface area (Å²) in [7, 11) is 0. The molecule has 0 bridgehead atoms. The first-order valence-electron chi connectivity index (χ1n) is 10.1. The zero-order chi connectivity index (χ0) is 19.8. The fourth-order valence-corrected chi connectivity index (χ4v) is 4.13. The molecule has 4 heterocycles. The second-order valence-electron chi connectivity index (χ2n) is 7.84. The predicted molar refractivity (Wildman–Crippen MR) is 113 cm³/mol. The summed E-state index contributed by atoms with van der Waals surface area (Å²) >= 11 is 0. The highest BCUT2D eigenvalue weighted by Crippen LogP contribution is 2.25. The van der Waals surface area contributed by atoms with Crippen LogP contribution in [-0.2, 0) is 19.5 Å². The van der Waals surface area contributed by atoms with Crippen LogP contribution in [0.5, 0.6) is 0 Å². The number of rotatable bonds is 4. The molecule has 4 aromatic rings. The highest BCUT2D eigenvalue weighted by Gasteiger charge is 2.22. The minimum Gasteiger partial charge on any atom is -0.324 e. The van der Waals surface area contributed by atoms with Crippen LogP contribution in [0.15, 0.2) is 55.0 Å². The highest BCUT2D eigenvalue weighted by molar-refractivity contribution is 5.76. The van der Waals surface area contributed by atoms with E-state index in [1.807, 2.05) is 18.3 Å². The standard InChI is InChI=1S/C23H24N6/c1-16(2)29-21-6-4-3-5-20(21)26-22(29)15-28-12-9-19-18(14-28)13-25-23(27-19)17-7-10-24-11-8-17/h3-8,10-11,13,16H,9,12,14-15H2,1-2H3. The fraction of sp³-hybridized carbons (Fsp3) is 0.304. The van der Waals surface area contributed by atoms with Crippen molar-refractivity contribution in [2.45, 2.75) is 39.4 Å². The van der Waals surface area contributed by atoms with Crippen molar-refractivity contribution in [3.8, 4) is 11.4 Å². The van der Waals surface area contributed by atoms with Crippen LogP contribution < -0.4 is 0 Å². The second-order valence-corrected chi connectivity index (χ2v) is 7.84. The van der Waals surface area contributed by atoms with Gasteiger partial charge in [0, 0.05) is 55.3 Å². The number of nitrogens with zero attached hydrogens (tertiary/aromatic N) is 6. The number of aromatic nitrogens is 5. The molecule has 1 aliphatic heterocycles. The van der Waals surface area contributed by atoms with E-state index in [4.69, 9.17) is 9.97 Å². The van der Waals surface area contributed by atoms with Crippen LogP contribution in [0.4, 0.5) is 0 Å². The van der Waals surface area contributed by atoms with Crippen molar-refractivity contribution in [1.82, 2.24) is 29.4 Å². The van der Waals surface area contributed by atoms with E-state index in [0.717, 1.165) is 54.5 Å². The van der Waals surface area contributed by atoms with E-state index in [1.54, 1.807) is 12.4 Å². The molecule has 0 atom stereocenters. The van der Waals surface area contributed by atoms with E-state index in [1.165, 1.54) is 11.1 Å². The van der Waals surface area contributed by atoms with Gasteiger partial charge in [-0.3, -0.25) is 9.88 Å². The summed E-state index contributed by atoms with van der Waals surface area (Å²) in [5.74, 6) is 1.90. The van der Waals surface area contributed by atoms with E-state index in [9.17, 15) is 0 Å². The predicted octanol–water partition coefficient (Wildman–Crippen LogP) is 4.03. The Kier molecular flexibility index (Phi) is 4.56. The number of pyridine rings is 1. The van der Waals surface area contributed by atoms with E-state index >= 15 is 0 Å². The topological polar surface area (TPSA) is 59.7 Å². The van der Waals surface area contributed by atoms with Gasteiger partial charge in [0.1, 0.15) is 5.82 Å². The summed E-state index contributed by atoms with van der Waals surface area (Å²) in [5.41, 5.74) is 5.65. The van der Waals surface area contributed by atoms with Gasteiger partial charge in [-0.1, -0.05) is 12.1 Å². The molecule has 0 saturated heterocycles. The number of benzene rings is 1. The summed E-state index contributed by atoms with van der Waals surface area (Å²) in [4.78, 5) is 20.9. The Bertz CT molecular complexity index is 1150. The lowest BCUT2D eigenvalue weighted by Gasteiger charge is -2.28. The van der Waals surface area contributed by atoms with Gasteiger partial charge in [0.05, 0.1) is 23.3 Å². The molecule has 0 fully saturated rings. The molecule has 0 amide bonds. The van der Waals surface area contributed by atoms with Gasteiger partial charge in [-0.2, -0.15) is 0 Å². The summed E-state index contributed by atoms with van der Waals surface area (Å²) in [6, 6.07) is 12.7. The third-order valence-electron chi connectivity index (χ3n) is 5.50. The van der Waals surface area contributed by atoms with Crippen molar-refractivity contribution in [2.75, 3.05) is 6.54 Å². The Morgan fingerprint density at radius 1 is 1.03 bits per heavy atom. The molecule has 0 radical (unpaired) electrons. The zero-order valence-corrected chi connectivity index (χ0v) is 16.8. The molecular formula is C23H24N6. The Morgan fingerprint density at radius 3 is 2.69 bits per heavy atom. The lowest BCUT2D eigenvalue weighted by atomic mass is 10.1. The first-order chi connectivity index (χ1) is 14.2. The van der Waals surface area contributed by atoms with E-state index in [-0.39, 0.29) is 0 Å². The van der Waals surface area contributed by atoms with E-state index in [2.05, 4.69) is 57.5 Å². The molecule has 6 heteroatoms. The Balaban J connectivity index is 1.39. The molecule has 5 rings (SSSR count). The Morgan fingerprint density at radius 2 is 1.86 bits per heavy atom. The van der Waals surface area contributed by atoms with E-state index in [0.29, 0.717) is 6.04 Å². The van der Waals surface area contributed by atoms with Crippen LogP contribution in [0.1, 0.15) is 37.0 Å². The van der Waals surface area contributed by atoms with Crippen LogP contribution in [0.2, 0.25) is 0 Å². The molecule has 1 aliphatic rings. The van der Waals surface area contributed by atoms with Crippen LogP contribution in [0.3, 0.4) is 0 Å². The zero-order valence-electron chi connectivity index (χ0n) is 16.8. The van der Waals surface area contributed by atoms with Gasteiger partial charge in [-0.15, -0.1) is 0 Å². The molecule has 0 unspecified atom stereocenters. The van der Waals surface area contributed by atoms with Gasteiger partial charge in [0.2, 0.25) is 0 Å². The van der Waals surface area contributed by atoms with Gasteiger partial charge in [0.15, 0.2) is 5.82 Å². The van der Waals surface area contributed by atoms with Gasteiger partial charge in [0.25, 0.3) is 0 Å². The molecule has 146 valence electrons. The van der Waals surface area contributed by atoms with Gasteiger partial charge in [-0.05, 0) is 38.1 Å². The summed E-state index contributed by atoms with van der Waals surface area (Å²) < 4.78 is 2.36. The van der Waals surface area contributed by atoms with Crippen LogP contribution in [0, 0.1) is 0 Å².